The Morgan fingerprint density at radius 2 is 1.83 bits per heavy atom. The number of nitriles is 1. The number of halogens is 3. The number of benzene rings is 2. The first kappa shape index (κ1) is 20.4. The van der Waals surface area contributed by atoms with Gasteiger partial charge in [-0.2, -0.15) is 18.4 Å². The number of nitrogens with zero attached hydrogens (tertiary/aromatic N) is 2. The number of alkyl halides is 3. The van der Waals surface area contributed by atoms with Gasteiger partial charge in [-0.25, -0.2) is 0 Å². The van der Waals surface area contributed by atoms with Crippen LogP contribution in [0.2, 0.25) is 0 Å². The van der Waals surface area contributed by atoms with Gasteiger partial charge in [-0.3, -0.25) is 4.79 Å². The fourth-order valence-corrected chi connectivity index (χ4v) is 2.95. The normalized spacial score (nSPS) is 15.0. The quantitative estimate of drug-likeness (QED) is 0.619. The third-order valence-electron chi connectivity index (χ3n) is 4.40. The number of hydrogen-bond acceptors (Lipinski definition) is 4. The van der Waals surface area contributed by atoms with Crippen LogP contribution < -0.4 is 10.2 Å². The first-order valence-corrected chi connectivity index (χ1v) is 8.90. The van der Waals surface area contributed by atoms with E-state index < -0.39 is 17.6 Å². The van der Waals surface area contributed by atoms with Gasteiger partial charge in [0.1, 0.15) is 11.6 Å². The number of ether oxygens (including phenoxy) is 1. The smallest absolute Gasteiger partial charge is 0.378 e. The van der Waals surface area contributed by atoms with E-state index >= 15 is 0 Å². The Hall–Kier alpha value is -3.31. The van der Waals surface area contributed by atoms with Gasteiger partial charge in [-0.05, 0) is 29.8 Å². The van der Waals surface area contributed by atoms with Crippen LogP contribution in [0.1, 0.15) is 11.1 Å². The molecule has 2 aromatic carbocycles. The molecule has 0 atom stereocenters. The number of nitrogens with one attached hydrogen (secondary N) is 1. The molecule has 0 aliphatic carbocycles. The van der Waals surface area contributed by atoms with Crippen LogP contribution in [0.25, 0.3) is 6.08 Å². The van der Waals surface area contributed by atoms with Crippen molar-refractivity contribution in [1.82, 2.24) is 0 Å². The Bertz CT molecular complexity index is 944. The first-order valence-electron chi connectivity index (χ1n) is 8.90. The second kappa shape index (κ2) is 8.80. The predicted octanol–water partition coefficient (Wildman–Crippen LogP) is 4.09. The van der Waals surface area contributed by atoms with Gasteiger partial charge in [0.2, 0.25) is 0 Å². The van der Waals surface area contributed by atoms with Crippen LogP contribution in [0.3, 0.4) is 0 Å². The minimum atomic E-state index is -4.55. The lowest BCUT2D eigenvalue weighted by Crippen LogP contribution is -2.37. The van der Waals surface area contributed by atoms with Crippen molar-refractivity contribution in [3.63, 3.8) is 0 Å². The topological polar surface area (TPSA) is 65.4 Å². The molecule has 1 fully saturated rings. The summed E-state index contributed by atoms with van der Waals surface area (Å²) in [6.45, 7) is 1.84. The minimum absolute atomic E-state index is 0.000867. The van der Waals surface area contributed by atoms with E-state index in [9.17, 15) is 23.2 Å². The van der Waals surface area contributed by atoms with Crippen LogP contribution >= 0.6 is 0 Å². The zero-order valence-electron chi connectivity index (χ0n) is 15.4. The summed E-state index contributed by atoms with van der Waals surface area (Å²) in [6.07, 6.45) is -3.17. The zero-order valence-corrected chi connectivity index (χ0v) is 15.4. The largest absolute Gasteiger partial charge is 0.416 e. The van der Waals surface area contributed by atoms with Crippen molar-refractivity contribution in [2.75, 3.05) is 36.5 Å². The van der Waals surface area contributed by atoms with Crippen LogP contribution in [-0.4, -0.2) is 32.2 Å². The molecule has 0 spiro atoms. The highest BCUT2D eigenvalue weighted by Crippen LogP contribution is 2.36. The lowest BCUT2D eigenvalue weighted by molar-refractivity contribution is -0.137. The molecule has 0 radical (unpaired) electrons. The first-order chi connectivity index (χ1) is 13.9. The molecule has 2 aromatic rings. The van der Waals surface area contributed by atoms with Gasteiger partial charge in [-0.1, -0.05) is 30.3 Å². The lowest BCUT2D eigenvalue weighted by Gasteiger charge is -2.31. The van der Waals surface area contributed by atoms with Gasteiger partial charge in [0.15, 0.2) is 0 Å². The van der Waals surface area contributed by atoms with Crippen LogP contribution in [0.4, 0.5) is 24.5 Å². The number of anilines is 2. The van der Waals surface area contributed by atoms with Crippen molar-refractivity contribution in [3.05, 3.63) is 65.2 Å². The van der Waals surface area contributed by atoms with Gasteiger partial charge >= 0.3 is 6.18 Å². The van der Waals surface area contributed by atoms with Crippen LogP contribution in [0.15, 0.2) is 54.1 Å². The second-order valence-electron chi connectivity index (χ2n) is 6.36. The van der Waals surface area contributed by atoms with Gasteiger partial charge in [0, 0.05) is 13.1 Å². The Morgan fingerprint density at radius 1 is 1.14 bits per heavy atom. The SMILES string of the molecule is N#C/C(=C\c1ccccc1)C(=O)Nc1cc(C(F)(F)F)ccc1N1CCOCC1. The highest BCUT2D eigenvalue weighted by Gasteiger charge is 2.32. The van der Waals surface area contributed by atoms with Gasteiger partial charge in [0.25, 0.3) is 5.91 Å². The van der Waals surface area contributed by atoms with Gasteiger partial charge in [0.05, 0.1) is 30.2 Å². The van der Waals surface area contributed by atoms with E-state index in [2.05, 4.69) is 5.32 Å². The maximum atomic E-state index is 13.2. The minimum Gasteiger partial charge on any atom is -0.378 e. The van der Waals surface area contributed by atoms with E-state index in [1.165, 1.54) is 12.1 Å². The van der Waals surface area contributed by atoms with E-state index in [-0.39, 0.29) is 11.3 Å². The number of amides is 1. The molecule has 0 bridgehead atoms. The highest BCUT2D eigenvalue weighted by atomic mass is 19.4. The summed E-state index contributed by atoms with van der Waals surface area (Å²) in [4.78, 5) is 14.5. The average molecular weight is 401 g/mol. The molecule has 1 aliphatic heterocycles. The summed E-state index contributed by atoms with van der Waals surface area (Å²) in [7, 11) is 0. The lowest BCUT2D eigenvalue weighted by atomic mass is 10.1. The third kappa shape index (κ3) is 5.15. The van der Waals surface area contributed by atoms with E-state index in [1.807, 2.05) is 11.0 Å². The van der Waals surface area contributed by atoms with Crippen LogP contribution in [0, 0.1) is 11.3 Å². The molecular weight excluding hydrogens is 383 g/mol. The van der Waals surface area contributed by atoms with Crippen molar-refractivity contribution < 1.29 is 22.7 Å². The molecule has 8 heteroatoms. The Kier molecular flexibility index (Phi) is 6.20. The molecular formula is C21H18F3N3O2. The number of carbonyl (C=O) groups excluding carboxylic acids is 1. The summed E-state index contributed by atoms with van der Waals surface area (Å²) < 4.78 is 44.8. The monoisotopic (exact) mass is 401 g/mol. The second-order valence-corrected chi connectivity index (χ2v) is 6.36. The summed E-state index contributed by atoms with van der Waals surface area (Å²) in [6, 6.07) is 13.7. The molecule has 1 amide bonds. The molecule has 1 heterocycles. The maximum absolute atomic E-state index is 13.2. The fraction of sp³-hybridized carbons (Fsp3) is 0.238. The number of morpholine rings is 1. The molecule has 0 aromatic heterocycles. The molecule has 150 valence electrons. The molecule has 3 rings (SSSR count). The van der Waals surface area contributed by atoms with E-state index in [4.69, 9.17) is 4.74 Å². The van der Waals surface area contributed by atoms with Crippen LogP contribution in [-0.2, 0) is 15.7 Å². The predicted molar refractivity (Wildman–Crippen MR) is 103 cm³/mol. The fourth-order valence-electron chi connectivity index (χ4n) is 2.95. The number of hydrogen-bond donors (Lipinski definition) is 1. The van der Waals surface area contributed by atoms with E-state index in [0.717, 1.165) is 12.1 Å². The molecule has 1 N–H and O–H groups in total. The summed E-state index contributed by atoms with van der Waals surface area (Å²) in [5.74, 6) is -0.773. The van der Waals surface area contributed by atoms with Crippen molar-refractivity contribution >= 4 is 23.4 Å². The maximum Gasteiger partial charge on any atom is 0.416 e. The third-order valence-corrected chi connectivity index (χ3v) is 4.40. The van der Waals surface area contributed by atoms with Crippen LogP contribution in [0.5, 0.6) is 0 Å². The molecule has 29 heavy (non-hydrogen) atoms. The standard InChI is InChI=1S/C21H18F3N3O2/c22-21(23,24)17-6-7-19(27-8-10-29-11-9-27)18(13-17)26-20(28)16(14-25)12-15-4-2-1-3-5-15/h1-7,12-13H,8-11H2,(H,26,28)/b16-12+. The van der Waals surface area contributed by atoms with Gasteiger partial charge in [-0.15, -0.1) is 0 Å². The molecule has 0 unspecified atom stereocenters. The molecule has 0 saturated carbocycles. The summed E-state index contributed by atoms with van der Waals surface area (Å²) in [5, 5.41) is 11.8. The van der Waals surface area contributed by atoms with E-state index in [1.54, 1.807) is 30.3 Å². The Balaban J connectivity index is 1.93. The van der Waals surface area contributed by atoms with Crippen molar-refractivity contribution in [2.24, 2.45) is 0 Å². The van der Waals surface area contributed by atoms with Crippen molar-refractivity contribution in [1.29, 1.82) is 5.26 Å². The summed E-state index contributed by atoms with van der Waals surface area (Å²) >= 11 is 0. The van der Waals surface area contributed by atoms with E-state index in [0.29, 0.717) is 37.6 Å². The summed E-state index contributed by atoms with van der Waals surface area (Å²) in [5.41, 5.74) is 0.00104. The van der Waals surface area contributed by atoms with Crippen molar-refractivity contribution in [2.45, 2.75) is 6.18 Å². The molecule has 1 aliphatic rings. The molecule has 1 saturated heterocycles. The highest BCUT2D eigenvalue weighted by molar-refractivity contribution is 6.11. The van der Waals surface area contributed by atoms with Crippen molar-refractivity contribution in [3.8, 4) is 6.07 Å². The zero-order chi connectivity index (χ0) is 20.9. The Labute approximate surface area is 166 Å². The Morgan fingerprint density at radius 3 is 2.45 bits per heavy atom. The van der Waals surface area contributed by atoms with Gasteiger partial charge < -0.3 is 15.0 Å². The average Bonchev–Trinajstić information content (AvgIpc) is 2.72. The number of rotatable bonds is 4. The number of carbonyl (C=O) groups is 1. The molecule has 5 nitrogen and oxygen atoms in total.